The zero-order valence-electron chi connectivity index (χ0n) is 12.9. The third-order valence-electron chi connectivity index (χ3n) is 3.87. The van der Waals surface area contributed by atoms with Gasteiger partial charge in [0.1, 0.15) is 12.2 Å². The Hall–Kier alpha value is -1.14. The maximum Gasteiger partial charge on any atom is 0.307 e. The number of amides is 1. The molecule has 3 N–H and O–H groups in total. The van der Waals surface area contributed by atoms with Gasteiger partial charge < -0.3 is 20.3 Å². The van der Waals surface area contributed by atoms with Crippen molar-refractivity contribution in [3.05, 3.63) is 0 Å². The van der Waals surface area contributed by atoms with E-state index in [1.165, 1.54) is 6.42 Å². The van der Waals surface area contributed by atoms with E-state index >= 15 is 0 Å². The van der Waals surface area contributed by atoms with Crippen molar-refractivity contribution >= 4 is 11.9 Å². The summed E-state index contributed by atoms with van der Waals surface area (Å²) in [5.74, 6) is -0.905. The molecule has 0 radical (unpaired) electrons. The van der Waals surface area contributed by atoms with E-state index in [-0.39, 0.29) is 31.6 Å². The largest absolute Gasteiger partial charge is 0.462 e. The molecule has 0 aliphatic heterocycles. The van der Waals surface area contributed by atoms with Gasteiger partial charge >= 0.3 is 5.97 Å². The molecule has 1 rings (SSSR count). The first kappa shape index (κ1) is 17.9. The molecular formula is C15H27NO5. The van der Waals surface area contributed by atoms with E-state index < -0.39 is 17.4 Å². The second-order valence-corrected chi connectivity index (χ2v) is 6.34. The van der Waals surface area contributed by atoms with E-state index in [1.54, 1.807) is 13.8 Å². The Morgan fingerprint density at radius 1 is 1.29 bits per heavy atom. The van der Waals surface area contributed by atoms with Gasteiger partial charge in [-0.1, -0.05) is 20.3 Å². The van der Waals surface area contributed by atoms with Crippen molar-refractivity contribution in [1.82, 2.24) is 5.32 Å². The number of hydrogen-bond acceptors (Lipinski definition) is 5. The minimum absolute atomic E-state index is 0.0147. The molecule has 21 heavy (non-hydrogen) atoms. The lowest BCUT2D eigenvalue weighted by atomic mass is 9.87. The standard InChI is InChI=1S/C15H27NO5/c1-15(2,10-17)13(19)14(20)16-9-8-12(18)21-11-6-4-3-5-7-11/h11,13,17,19H,3-10H2,1-2H3,(H,16,20). The highest BCUT2D eigenvalue weighted by molar-refractivity contribution is 5.81. The van der Waals surface area contributed by atoms with Crippen LogP contribution in [0.15, 0.2) is 0 Å². The molecule has 0 saturated heterocycles. The monoisotopic (exact) mass is 301 g/mol. The molecule has 0 heterocycles. The zero-order chi connectivity index (χ0) is 15.9. The quantitative estimate of drug-likeness (QED) is 0.603. The van der Waals surface area contributed by atoms with E-state index in [0.29, 0.717) is 0 Å². The Balaban J connectivity index is 2.23. The van der Waals surface area contributed by atoms with Gasteiger partial charge in [-0.15, -0.1) is 0 Å². The van der Waals surface area contributed by atoms with Gasteiger partial charge in [-0.25, -0.2) is 0 Å². The predicted octanol–water partition coefficient (Wildman–Crippen LogP) is 0.748. The van der Waals surface area contributed by atoms with Crippen LogP contribution in [0.4, 0.5) is 0 Å². The minimum Gasteiger partial charge on any atom is -0.462 e. The Morgan fingerprint density at radius 3 is 2.48 bits per heavy atom. The predicted molar refractivity (Wildman–Crippen MR) is 77.5 cm³/mol. The van der Waals surface area contributed by atoms with E-state index in [2.05, 4.69) is 5.32 Å². The van der Waals surface area contributed by atoms with Crippen LogP contribution in [0.25, 0.3) is 0 Å². The molecule has 1 aliphatic rings. The number of hydrogen-bond donors (Lipinski definition) is 3. The molecule has 0 aromatic rings. The third kappa shape index (κ3) is 6.01. The molecule has 0 bridgehead atoms. The first-order valence-electron chi connectivity index (χ1n) is 7.63. The SMILES string of the molecule is CC(C)(CO)C(O)C(=O)NCCC(=O)OC1CCCCC1. The average molecular weight is 301 g/mol. The van der Waals surface area contributed by atoms with E-state index in [4.69, 9.17) is 9.84 Å². The molecule has 122 valence electrons. The molecule has 0 aromatic carbocycles. The maximum atomic E-state index is 11.7. The fraction of sp³-hybridized carbons (Fsp3) is 0.867. The van der Waals surface area contributed by atoms with Crippen LogP contribution in [0.1, 0.15) is 52.4 Å². The maximum absolute atomic E-state index is 11.7. The first-order chi connectivity index (χ1) is 9.86. The summed E-state index contributed by atoms with van der Waals surface area (Å²) < 4.78 is 5.33. The van der Waals surface area contributed by atoms with Crippen LogP contribution in [0.5, 0.6) is 0 Å². The van der Waals surface area contributed by atoms with Crippen molar-refractivity contribution in [1.29, 1.82) is 0 Å². The minimum atomic E-state index is -1.31. The second-order valence-electron chi connectivity index (χ2n) is 6.34. The van der Waals surface area contributed by atoms with E-state index in [1.807, 2.05) is 0 Å². The summed E-state index contributed by atoms with van der Waals surface area (Å²) in [6.45, 7) is 3.01. The lowest BCUT2D eigenvalue weighted by Gasteiger charge is -2.27. The lowest BCUT2D eigenvalue weighted by Crippen LogP contribution is -2.46. The summed E-state index contributed by atoms with van der Waals surface area (Å²) in [4.78, 5) is 23.3. The lowest BCUT2D eigenvalue weighted by molar-refractivity contribution is -0.150. The van der Waals surface area contributed by atoms with Gasteiger partial charge in [0.15, 0.2) is 0 Å². The molecule has 0 aromatic heterocycles. The van der Waals surface area contributed by atoms with Crippen LogP contribution in [0.2, 0.25) is 0 Å². The van der Waals surface area contributed by atoms with E-state index in [0.717, 1.165) is 25.7 Å². The van der Waals surface area contributed by atoms with Gasteiger partial charge in [0.05, 0.1) is 13.0 Å². The van der Waals surface area contributed by atoms with Gasteiger partial charge in [-0.2, -0.15) is 0 Å². The van der Waals surface area contributed by atoms with Gasteiger partial charge in [-0.3, -0.25) is 9.59 Å². The normalized spacial score (nSPS) is 18.1. The van der Waals surface area contributed by atoms with Crippen molar-refractivity contribution in [3.8, 4) is 0 Å². The molecule has 1 saturated carbocycles. The van der Waals surface area contributed by atoms with Crippen molar-refractivity contribution < 1.29 is 24.5 Å². The molecule has 1 atom stereocenters. The number of carbonyl (C=O) groups excluding carboxylic acids is 2. The molecule has 1 amide bonds. The van der Waals surface area contributed by atoms with Gasteiger partial charge in [0, 0.05) is 12.0 Å². The highest BCUT2D eigenvalue weighted by atomic mass is 16.5. The van der Waals surface area contributed by atoms with Crippen LogP contribution < -0.4 is 5.32 Å². The van der Waals surface area contributed by atoms with Crippen LogP contribution in [0, 0.1) is 5.41 Å². The highest BCUT2D eigenvalue weighted by Crippen LogP contribution is 2.21. The number of carbonyl (C=O) groups is 2. The van der Waals surface area contributed by atoms with Crippen LogP contribution >= 0.6 is 0 Å². The molecule has 6 nitrogen and oxygen atoms in total. The summed E-state index contributed by atoms with van der Waals surface area (Å²) in [5.41, 5.74) is -0.910. The molecule has 1 unspecified atom stereocenters. The van der Waals surface area contributed by atoms with E-state index in [9.17, 15) is 14.7 Å². The van der Waals surface area contributed by atoms with Crippen LogP contribution in [0.3, 0.4) is 0 Å². The zero-order valence-corrected chi connectivity index (χ0v) is 12.9. The molecular weight excluding hydrogens is 274 g/mol. The Bertz CT molecular complexity index is 350. The van der Waals surface area contributed by atoms with Gasteiger partial charge in [0.2, 0.25) is 5.91 Å². The fourth-order valence-electron chi connectivity index (χ4n) is 2.25. The number of rotatable bonds is 7. The topological polar surface area (TPSA) is 95.9 Å². The van der Waals surface area contributed by atoms with Crippen molar-refractivity contribution in [2.45, 2.75) is 64.6 Å². The molecule has 6 heteroatoms. The van der Waals surface area contributed by atoms with Gasteiger partial charge in [0.25, 0.3) is 0 Å². The summed E-state index contributed by atoms with van der Waals surface area (Å²) in [5, 5.41) is 21.4. The highest BCUT2D eigenvalue weighted by Gasteiger charge is 2.32. The van der Waals surface area contributed by atoms with Crippen molar-refractivity contribution in [2.75, 3.05) is 13.2 Å². The number of nitrogens with one attached hydrogen (secondary N) is 1. The summed E-state index contributed by atoms with van der Waals surface area (Å²) >= 11 is 0. The van der Waals surface area contributed by atoms with Gasteiger partial charge in [-0.05, 0) is 25.7 Å². The smallest absolute Gasteiger partial charge is 0.307 e. The Labute approximate surface area is 125 Å². The first-order valence-corrected chi connectivity index (χ1v) is 7.63. The third-order valence-corrected chi connectivity index (χ3v) is 3.87. The van der Waals surface area contributed by atoms with Crippen molar-refractivity contribution in [2.24, 2.45) is 5.41 Å². The van der Waals surface area contributed by atoms with Crippen molar-refractivity contribution in [3.63, 3.8) is 0 Å². The number of aliphatic hydroxyl groups is 2. The Kier molecular flexibility index (Phi) is 7.11. The fourth-order valence-corrected chi connectivity index (χ4v) is 2.25. The number of esters is 1. The molecule has 1 fully saturated rings. The number of aliphatic hydroxyl groups excluding tert-OH is 2. The molecule has 0 spiro atoms. The number of ether oxygens (including phenoxy) is 1. The summed E-state index contributed by atoms with van der Waals surface area (Å²) in [6.07, 6.45) is 4.02. The summed E-state index contributed by atoms with van der Waals surface area (Å²) in [6, 6.07) is 0. The Morgan fingerprint density at radius 2 is 1.90 bits per heavy atom. The van der Waals surface area contributed by atoms with Crippen LogP contribution in [-0.4, -0.2) is 47.4 Å². The average Bonchev–Trinajstić information content (AvgIpc) is 2.47. The molecule has 1 aliphatic carbocycles. The summed E-state index contributed by atoms with van der Waals surface area (Å²) in [7, 11) is 0. The second kappa shape index (κ2) is 8.34. The van der Waals surface area contributed by atoms with Crippen LogP contribution in [-0.2, 0) is 14.3 Å².